The summed E-state index contributed by atoms with van der Waals surface area (Å²) in [6, 6.07) is 5.59. The Bertz CT molecular complexity index is 952. The molecule has 0 spiro atoms. The molecular formula is C20H26F2IN2O6P. The molecule has 8 nitrogen and oxygen atoms in total. The minimum atomic E-state index is -4.02. The topological polar surface area (TPSA) is 101 Å². The highest BCUT2D eigenvalue weighted by atomic mass is 127. The normalized spacial score (nSPS) is 13.8. The molecule has 0 aliphatic heterocycles. The average molecular weight is 586 g/mol. The van der Waals surface area contributed by atoms with Gasteiger partial charge in [0.1, 0.15) is 5.60 Å². The van der Waals surface area contributed by atoms with Crippen LogP contribution in [-0.4, -0.2) is 40.6 Å². The van der Waals surface area contributed by atoms with Gasteiger partial charge in [0.25, 0.3) is 0 Å². The zero-order chi connectivity index (χ0) is 24.2. The molecule has 2 rings (SSSR count). The predicted molar refractivity (Wildman–Crippen MR) is 121 cm³/mol. The van der Waals surface area contributed by atoms with Crippen molar-refractivity contribution in [2.24, 2.45) is 0 Å². The van der Waals surface area contributed by atoms with Gasteiger partial charge < -0.3 is 18.3 Å². The highest BCUT2D eigenvalue weighted by Crippen LogP contribution is 2.54. The number of esters is 1. The van der Waals surface area contributed by atoms with Crippen molar-refractivity contribution in [2.75, 3.05) is 13.2 Å². The molecular weight excluding hydrogens is 560 g/mol. The van der Waals surface area contributed by atoms with Gasteiger partial charge in [-0.05, 0) is 69.3 Å². The molecule has 0 saturated heterocycles. The Kier molecular flexibility index (Phi) is 8.94. The second kappa shape index (κ2) is 10.7. The van der Waals surface area contributed by atoms with Crippen LogP contribution in [0.2, 0.25) is 0 Å². The number of ether oxygens (including phenoxy) is 1. The zero-order valence-electron chi connectivity index (χ0n) is 18.4. The lowest BCUT2D eigenvalue weighted by Crippen LogP contribution is -2.34. The molecule has 0 aliphatic carbocycles. The molecule has 0 bridgehead atoms. The van der Waals surface area contributed by atoms with Crippen LogP contribution >= 0.6 is 30.2 Å². The van der Waals surface area contributed by atoms with Crippen molar-refractivity contribution in [3.05, 3.63) is 45.1 Å². The summed E-state index contributed by atoms with van der Waals surface area (Å²) in [5.41, 5.74) is -2.68. The van der Waals surface area contributed by atoms with E-state index in [9.17, 15) is 18.1 Å². The van der Waals surface area contributed by atoms with Gasteiger partial charge in [-0.15, -0.1) is 0 Å². The minimum Gasteiger partial charge on any atom is -0.459 e. The van der Waals surface area contributed by atoms with Crippen molar-refractivity contribution in [1.29, 1.82) is 0 Å². The Labute approximate surface area is 199 Å². The SMILES string of the molecule is CCOP(=O)(OCC)C(Cc1nc(C(F)(F)c2ccc(I)cc2)no1)C(=O)OC(C)(C)C. The molecule has 2 aromatic rings. The van der Waals surface area contributed by atoms with Gasteiger partial charge in [0.05, 0.1) is 19.6 Å². The maximum absolute atomic E-state index is 14.8. The number of carbonyl (C=O) groups is 1. The van der Waals surface area contributed by atoms with Gasteiger partial charge in [-0.3, -0.25) is 9.36 Å². The summed E-state index contributed by atoms with van der Waals surface area (Å²) in [4.78, 5) is 16.6. The third kappa shape index (κ3) is 6.79. The summed E-state index contributed by atoms with van der Waals surface area (Å²) in [6.07, 6.45) is -0.456. The lowest BCUT2D eigenvalue weighted by atomic mass is 10.1. The molecule has 1 heterocycles. The Hall–Kier alpha value is -1.43. The smallest absolute Gasteiger partial charge is 0.345 e. The largest absolute Gasteiger partial charge is 0.459 e. The molecule has 1 unspecified atom stereocenters. The van der Waals surface area contributed by atoms with Gasteiger partial charge in [0, 0.05) is 9.13 Å². The number of alkyl halides is 2. The molecule has 32 heavy (non-hydrogen) atoms. The third-order valence-electron chi connectivity index (χ3n) is 4.00. The van der Waals surface area contributed by atoms with E-state index in [-0.39, 0.29) is 24.7 Å². The van der Waals surface area contributed by atoms with E-state index in [4.69, 9.17) is 18.3 Å². The predicted octanol–water partition coefficient (Wildman–Crippen LogP) is 5.33. The van der Waals surface area contributed by atoms with E-state index in [1.165, 1.54) is 24.3 Å². The van der Waals surface area contributed by atoms with Gasteiger partial charge in [0.2, 0.25) is 11.7 Å². The summed E-state index contributed by atoms with van der Waals surface area (Å²) in [6.45, 7) is 8.09. The molecule has 12 heteroatoms. The van der Waals surface area contributed by atoms with E-state index < -0.39 is 43.0 Å². The lowest BCUT2D eigenvalue weighted by molar-refractivity contribution is -0.154. The highest BCUT2D eigenvalue weighted by Gasteiger charge is 2.46. The Morgan fingerprint density at radius 3 is 2.22 bits per heavy atom. The van der Waals surface area contributed by atoms with Crippen LogP contribution in [0.3, 0.4) is 0 Å². The molecule has 0 saturated carbocycles. The van der Waals surface area contributed by atoms with E-state index in [1.54, 1.807) is 34.6 Å². The van der Waals surface area contributed by atoms with Gasteiger partial charge in [-0.2, -0.15) is 13.8 Å². The molecule has 0 fully saturated rings. The van der Waals surface area contributed by atoms with Crippen LogP contribution in [0.5, 0.6) is 0 Å². The van der Waals surface area contributed by atoms with E-state index >= 15 is 0 Å². The summed E-state index contributed by atoms with van der Waals surface area (Å²) >= 11 is 2.00. The number of halogens is 3. The third-order valence-corrected chi connectivity index (χ3v) is 7.11. The van der Waals surface area contributed by atoms with E-state index in [2.05, 4.69) is 10.1 Å². The number of hydrogen-bond acceptors (Lipinski definition) is 8. The van der Waals surface area contributed by atoms with Crippen molar-refractivity contribution < 1.29 is 36.4 Å². The Morgan fingerprint density at radius 2 is 1.72 bits per heavy atom. The van der Waals surface area contributed by atoms with Crippen LogP contribution in [0.4, 0.5) is 8.78 Å². The van der Waals surface area contributed by atoms with Crippen LogP contribution < -0.4 is 0 Å². The lowest BCUT2D eigenvalue weighted by Gasteiger charge is -2.27. The number of hydrogen-bond donors (Lipinski definition) is 0. The summed E-state index contributed by atoms with van der Waals surface area (Å²) in [5, 5.41) is 3.39. The summed E-state index contributed by atoms with van der Waals surface area (Å²) in [7, 11) is -4.02. The monoisotopic (exact) mass is 586 g/mol. The highest BCUT2D eigenvalue weighted by molar-refractivity contribution is 14.1. The first-order valence-corrected chi connectivity index (χ1v) is 12.6. The molecule has 1 aromatic carbocycles. The fourth-order valence-corrected chi connectivity index (χ4v) is 4.89. The van der Waals surface area contributed by atoms with Crippen molar-refractivity contribution in [1.82, 2.24) is 10.1 Å². The number of carbonyl (C=O) groups excluding carboxylic acids is 1. The van der Waals surface area contributed by atoms with Crippen LogP contribution in [0.15, 0.2) is 28.8 Å². The van der Waals surface area contributed by atoms with Crippen LogP contribution in [0, 0.1) is 3.57 Å². The first-order chi connectivity index (χ1) is 14.8. The van der Waals surface area contributed by atoms with Crippen LogP contribution in [0.25, 0.3) is 0 Å². The number of aromatic nitrogens is 2. The molecule has 178 valence electrons. The Balaban J connectivity index is 2.37. The minimum absolute atomic E-state index is 0.00344. The fraction of sp³-hybridized carbons (Fsp3) is 0.550. The molecule has 0 radical (unpaired) electrons. The zero-order valence-corrected chi connectivity index (χ0v) is 21.5. The summed E-state index contributed by atoms with van der Waals surface area (Å²) < 4.78 is 64.7. The van der Waals surface area contributed by atoms with Crippen molar-refractivity contribution in [3.8, 4) is 0 Å². The molecule has 0 amide bonds. The van der Waals surface area contributed by atoms with Crippen molar-refractivity contribution >= 4 is 36.2 Å². The van der Waals surface area contributed by atoms with Gasteiger partial charge in [-0.25, -0.2) is 0 Å². The number of rotatable bonds is 10. The van der Waals surface area contributed by atoms with Gasteiger partial charge in [-0.1, -0.05) is 17.3 Å². The number of benzene rings is 1. The van der Waals surface area contributed by atoms with Crippen molar-refractivity contribution in [2.45, 2.75) is 58.2 Å². The van der Waals surface area contributed by atoms with E-state index in [1.807, 2.05) is 22.6 Å². The molecule has 0 N–H and O–H groups in total. The standard InChI is InChI=1S/C20H26F2IN2O6P/c1-6-28-32(27,29-7-2)15(17(26)30-19(3,4)5)12-16-24-18(25-31-16)20(21,22)13-8-10-14(23)11-9-13/h8-11,15H,6-7,12H2,1-5H3. The van der Waals surface area contributed by atoms with Crippen LogP contribution in [-0.2, 0) is 35.5 Å². The van der Waals surface area contributed by atoms with Crippen LogP contribution in [0.1, 0.15) is 51.9 Å². The maximum Gasteiger partial charge on any atom is 0.345 e. The quantitative estimate of drug-likeness (QED) is 0.209. The summed E-state index contributed by atoms with van der Waals surface area (Å²) in [5.74, 6) is -5.61. The fourth-order valence-electron chi connectivity index (χ4n) is 2.69. The van der Waals surface area contributed by atoms with E-state index in [0.29, 0.717) is 0 Å². The van der Waals surface area contributed by atoms with Crippen molar-refractivity contribution in [3.63, 3.8) is 0 Å². The first kappa shape index (κ1) is 26.8. The van der Waals surface area contributed by atoms with E-state index in [0.717, 1.165) is 3.57 Å². The molecule has 0 aliphatic rings. The first-order valence-electron chi connectivity index (χ1n) is 9.91. The Morgan fingerprint density at radius 1 is 1.16 bits per heavy atom. The second-order valence-corrected chi connectivity index (χ2v) is 11.2. The molecule has 1 aromatic heterocycles. The number of nitrogens with zero attached hydrogens (tertiary/aromatic N) is 2. The average Bonchev–Trinajstić information content (AvgIpc) is 3.15. The van der Waals surface area contributed by atoms with Gasteiger partial charge >= 0.3 is 19.5 Å². The maximum atomic E-state index is 14.8. The van der Waals surface area contributed by atoms with Gasteiger partial charge in [0.15, 0.2) is 5.66 Å². The second-order valence-electron chi connectivity index (χ2n) is 7.72. The molecule has 1 atom stereocenters.